The monoisotopic (exact) mass is 498 g/mol. The molecule has 192 valence electrons. The second-order valence-electron chi connectivity index (χ2n) is 8.93. The third-order valence-electron chi connectivity index (χ3n) is 5.89. The first-order valence-electron chi connectivity index (χ1n) is 11.3. The van der Waals surface area contributed by atoms with Gasteiger partial charge in [-0.25, -0.2) is 9.59 Å². The smallest absolute Gasteiger partial charge is 0.333 e. The van der Waals surface area contributed by atoms with Gasteiger partial charge in [-0.15, -0.1) is 0 Å². The number of ether oxygens (including phenoxy) is 3. The SMILES string of the molecule is C=C(C)C(=O)OCC(COC1Cc2ccc(O)cc2CC1c1cc(O)c(O)c(O)c1)OC(=O)C(=C)C. The van der Waals surface area contributed by atoms with Crippen LogP contribution in [0.15, 0.2) is 54.6 Å². The van der Waals surface area contributed by atoms with E-state index in [4.69, 9.17) is 14.2 Å². The first-order valence-corrected chi connectivity index (χ1v) is 11.3. The van der Waals surface area contributed by atoms with Crippen molar-refractivity contribution in [3.63, 3.8) is 0 Å². The fraction of sp³-hybridized carbons (Fsp3) is 0.333. The minimum Gasteiger partial charge on any atom is -0.508 e. The van der Waals surface area contributed by atoms with Gasteiger partial charge in [0.05, 0.1) is 12.7 Å². The van der Waals surface area contributed by atoms with E-state index in [1.54, 1.807) is 18.2 Å². The van der Waals surface area contributed by atoms with Gasteiger partial charge in [0, 0.05) is 17.1 Å². The summed E-state index contributed by atoms with van der Waals surface area (Å²) in [7, 11) is 0. The molecule has 2 aromatic carbocycles. The third kappa shape index (κ3) is 6.37. The number of esters is 2. The summed E-state index contributed by atoms with van der Waals surface area (Å²) in [5.74, 6) is -3.18. The highest BCUT2D eigenvalue weighted by Gasteiger charge is 2.33. The predicted molar refractivity (Wildman–Crippen MR) is 130 cm³/mol. The van der Waals surface area contributed by atoms with E-state index in [0.717, 1.165) is 11.1 Å². The van der Waals surface area contributed by atoms with Gasteiger partial charge in [-0.1, -0.05) is 19.2 Å². The molecule has 4 N–H and O–H groups in total. The van der Waals surface area contributed by atoms with Gasteiger partial charge in [0.25, 0.3) is 0 Å². The van der Waals surface area contributed by atoms with Crippen LogP contribution in [-0.4, -0.2) is 57.8 Å². The Kier molecular flexibility index (Phi) is 8.26. The highest BCUT2D eigenvalue weighted by Crippen LogP contribution is 2.42. The highest BCUT2D eigenvalue weighted by molar-refractivity contribution is 5.87. The van der Waals surface area contributed by atoms with Crippen LogP contribution >= 0.6 is 0 Å². The molecule has 0 spiro atoms. The van der Waals surface area contributed by atoms with Gasteiger partial charge in [-0.3, -0.25) is 0 Å². The Morgan fingerprint density at radius 2 is 1.56 bits per heavy atom. The molecule has 0 aliphatic heterocycles. The summed E-state index contributed by atoms with van der Waals surface area (Å²) in [4.78, 5) is 24.0. The maximum absolute atomic E-state index is 12.1. The van der Waals surface area contributed by atoms with Crippen molar-refractivity contribution in [1.29, 1.82) is 0 Å². The topological polar surface area (TPSA) is 143 Å². The third-order valence-corrected chi connectivity index (χ3v) is 5.89. The first kappa shape index (κ1) is 26.6. The molecule has 0 saturated carbocycles. The number of phenols is 4. The Balaban J connectivity index is 1.86. The molecule has 0 amide bonds. The first-order chi connectivity index (χ1) is 17.0. The maximum atomic E-state index is 12.1. The van der Waals surface area contributed by atoms with E-state index in [1.165, 1.54) is 26.0 Å². The average Bonchev–Trinajstić information content (AvgIpc) is 2.82. The van der Waals surface area contributed by atoms with Crippen LogP contribution in [0.4, 0.5) is 0 Å². The zero-order chi connectivity index (χ0) is 26.6. The Bertz CT molecular complexity index is 1160. The van der Waals surface area contributed by atoms with Gasteiger partial charge in [0.1, 0.15) is 12.4 Å². The molecule has 3 atom stereocenters. The number of hydrogen-bond donors (Lipinski definition) is 4. The fourth-order valence-corrected chi connectivity index (χ4v) is 3.97. The minimum absolute atomic E-state index is 0.106. The van der Waals surface area contributed by atoms with Crippen molar-refractivity contribution in [3.8, 4) is 23.0 Å². The largest absolute Gasteiger partial charge is 0.508 e. The van der Waals surface area contributed by atoms with Gasteiger partial charge >= 0.3 is 11.9 Å². The van der Waals surface area contributed by atoms with Gasteiger partial charge in [-0.2, -0.15) is 0 Å². The van der Waals surface area contributed by atoms with Crippen molar-refractivity contribution in [3.05, 3.63) is 71.3 Å². The number of aromatic hydroxyl groups is 4. The number of carbonyl (C=O) groups excluding carboxylic acids is 2. The quantitative estimate of drug-likeness (QED) is 0.232. The second-order valence-corrected chi connectivity index (χ2v) is 8.93. The Morgan fingerprint density at radius 3 is 2.17 bits per heavy atom. The number of rotatable bonds is 9. The normalized spacial score (nSPS) is 17.5. The van der Waals surface area contributed by atoms with Crippen molar-refractivity contribution in [2.24, 2.45) is 0 Å². The van der Waals surface area contributed by atoms with Crippen LogP contribution in [0.1, 0.15) is 36.5 Å². The molecule has 36 heavy (non-hydrogen) atoms. The molecular formula is C27H30O9. The number of carbonyl (C=O) groups is 2. The van der Waals surface area contributed by atoms with Crippen molar-refractivity contribution >= 4 is 11.9 Å². The fourth-order valence-electron chi connectivity index (χ4n) is 3.97. The van der Waals surface area contributed by atoms with Gasteiger partial charge < -0.3 is 34.6 Å². The lowest BCUT2D eigenvalue weighted by atomic mass is 9.77. The van der Waals surface area contributed by atoms with E-state index in [9.17, 15) is 30.0 Å². The summed E-state index contributed by atoms with van der Waals surface area (Å²) >= 11 is 0. The predicted octanol–water partition coefficient (Wildman–Crippen LogP) is 3.38. The molecule has 3 rings (SSSR count). The lowest BCUT2D eigenvalue weighted by Crippen LogP contribution is -2.36. The van der Waals surface area contributed by atoms with E-state index < -0.39 is 47.3 Å². The van der Waals surface area contributed by atoms with Crippen molar-refractivity contribution in [2.75, 3.05) is 13.2 Å². The van der Waals surface area contributed by atoms with Crippen LogP contribution < -0.4 is 0 Å². The summed E-state index contributed by atoms with van der Waals surface area (Å²) < 4.78 is 16.7. The molecule has 0 heterocycles. The Labute approximate surface area is 208 Å². The number of fused-ring (bicyclic) bond motifs is 1. The summed E-state index contributed by atoms with van der Waals surface area (Å²) in [6.45, 7) is 9.71. The summed E-state index contributed by atoms with van der Waals surface area (Å²) in [6.07, 6.45) is -0.622. The molecule has 0 aromatic heterocycles. The van der Waals surface area contributed by atoms with Crippen LogP contribution in [0.5, 0.6) is 23.0 Å². The van der Waals surface area contributed by atoms with E-state index in [0.29, 0.717) is 18.4 Å². The van der Waals surface area contributed by atoms with Crippen molar-refractivity contribution in [1.82, 2.24) is 0 Å². The average molecular weight is 499 g/mol. The van der Waals surface area contributed by atoms with Gasteiger partial charge in [-0.05, 0) is 67.6 Å². The number of hydrogen-bond acceptors (Lipinski definition) is 9. The van der Waals surface area contributed by atoms with Crippen LogP contribution in [0.2, 0.25) is 0 Å². The summed E-state index contributed by atoms with van der Waals surface area (Å²) in [6, 6.07) is 7.69. The van der Waals surface area contributed by atoms with Gasteiger partial charge in [0.2, 0.25) is 0 Å². The molecule has 9 nitrogen and oxygen atoms in total. The molecule has 1 aliphatic carbocycles. The molecule has 0 radical (unpaired) electrons. The molecule has 3 unspecified atom stereocenters. The highest BCUT2D eigenvalue weighted by atomic mass is 16.6. The van der Waals surface area contributed by atoms with Crippen LogP contribution in [0.3, 0.4) is 0 Å². The van der Waals surface area contributed by atoms with Crippen LogP contribution in [0, 0.1) is 0 Å². The van der Waals surface area contributed by atoms with Crippen molar-refractivity contribution < 1.29 is 44.2 Å². The lowest BCUT2D eigenvalue weighted by molar-refractivity contribution is -0.159. The molecule has 2 aromatic rings. The van der Waals surface area contributed by atoms with Crippen molar-refractivity contribution in [2.45, 2.75) is 44.8 Å². The van der Waals surface area contributed by atoms with E-state index >= 15 is 0 Å². The summed E-state index contributed by atoms with van der Waals surface area (Å²) in [5, 5.41) is 39.8. The van der Waals surface area contributed by atoms with Crippen LogP contribution in [0.25, 0.3) is 0 Å². The summed E-state index contributed by atoms with van der Waals surface area (Å²) in [5.41, 5.74) is 2.68. The van der Waals surface area contributed by atoms with E-state index in [2.05, 4.69) is 13.2 Å². The van der Waals surface area contributed by atoms with E-state index in [-0.39, 0.29) is 30.1 Å². The Hall–Kier alpha value is -3.98. The molecule has 0 fully saturated rings. The molecule has 1 aliphatic rings. The second kappa shape index (κ2) is 11.2. The van der Waals surface area contributed by atoms with Gasteiger partial charge in [0.15, 0.2) is 23.4 Å². The zero-order valence-electron chi connectivity index (χ0n) is 20.2. The minimum atomic E-state index is -0.930. The maximum Gasteiger partial charge on any atom is 0.333 e. The zero-order valence-corrected chi connectivity index (χ0v) is 20.2. The molecule has 9 heteroatoms. The lowest BCUT2D eigenvalue weighted by Gasteiger charge is -2.34. The van der Waals surface area contributed by atoms with Crippen LogP contribution in [-0.2, 0) is 36.6 Å². The number of phenolic OH excluding ortho intramolecular Hbond substituents is 4. The molecular weight excluding hydrogens is 468 g/mol. The Morgan fingerprint density at radius 1 is 0.917 bits per heavy atom. The molecule has 0 saturated heterocycles. The number of benzene rings is 2. The van der Waals surface area contributed by atoms with E-state index in [1.807, 2.05) is 0 Å². The standard InChI is InChI=1S/C27H30O9/c1-14(2)26(32)35-13-20(36-27(33)15(3)4)12-34-24-11-16-5-6-19(28)7-17(16)8-21(24)18-9-22(29)25(31)23(30)10-18/h5-7,9-10,20-21,24,28-31H,1,3,8,11-13H2,2,4H3. The molecule has 0 bridgehead atoms.